The smallest absolute Gasteiger partial charge is 0.350 e. The largest absolute Gasteiger partial charge is 0.420 e. The van der Waals surface area contributed by atoms with Crippen molar-refractivity contribution in [1.29, 1.82) is 0 Å². The fourth-order valence-electron chi connectivity index (χ4n) is 1.57. The zero-order valence-corrected chi connectivity index (χ0v) is 13.2. The zero-order chi connectivity index (χ0) is 15.4. The van der Waals surface area contributed by atoms with Crippen LogP contribution in [0.3, 0.4) is 0 Å². The number of benzene rings is 1. The van der Waals surface area contributed by atoms with Crippen LogP contribution in [0.4, 0.5) is 5.69 Å². The number of nitro benzene ring substituents is 1. The maximum atomic E-state index is 12.2. The van der Waals surface area contributed by atoms with Gasteiger partial charge in [0.05, 0.1) is 4.92 Å². The van der Waals surface area contributed by atoms with E-state index >= 15 is 0 Å². The number of nitro groups is 1. The molecule has 8 heteroatoms. The molecule has 0 bridgehead atoms. The first-order chi connectivity index (χ1) is 10.0. The molecule has 0 atom stereocenters. The number of esters is 1. The summed E-state index contributed by atoms with van der Waals surface area (Å²) >= 11 is 4.52. The Labute approximate surface area is 132 Å². The van der Waals surface area contributed by atoms with Gasteiger partial charge in [-0.05, 0) is 46.5 Å². The van der Waals surface area contributed by atoms with Gasteiger partial charge in [0.1, 0.15) is 10.2 Å². The standard InChI is InChI=1S/C13H9BrN2O4S/c1-21-8-4-5-10(16(18)19)9(7-8)13(17)20-11-3-2-6-15-12(11)14/h2-7H,1H3. The van der Waals surface area contributed by atoms with Gasteiger partial charge in [-0.3, -0.25) is 10.1 Å². The first kappa shape index (κ1) is 15.5. The van der Waals surface area contributed by atoms with Gasteiger partial charge in [0.15, 0.2) is 5.75 Å². The Morgan fingerprint density at radius 3 is 2.81 bits per heavy atom. The average molecular weight is 369 g/mol. The van der Waals surface area contributed by atoms with Crippen molar-refractivity contribution in [2.45, 2.75) is 4.90 Å². The fraction of sp³-hybridized carbons (Fsp3) is 0.0769. The number of halogens is 1. The molecule has 0 fully saturated rings. The molecule has 0 saturated heterocycles. The van der Waals surface area contributed by atoms with E-state index in [-0.39, 0.29) is 17.0 Å². The molecule has 0 N–H and O–H groups in total. The van der Waals surface area contributed by atoms with Crippen LogP contribution in [0.5, 0.6) is 5.75 Å². The Kier molecular flexibility index (Phi) is 4.92. The fourth-order valence-corrected chi connectivity index (χ4v) is 2.34. The lowest BCUT2D eigenvalue weighted by Crippen LogP contribution is -2.11. The van der Waals surface area contributed by atoms with E-state index in [0.29, 0.717) is 4.60 Å². The van der Waals surface area contributed by atoms with Crippen LogP contribution < -0.4 is 4.74 Å². The highest BCUT2D eigenvalue weighted by atomic mass is 79.9. The molecule has 2 aromatic rings. The van der Waals surface area contributed by atoms with Crippen LogP contribution in [0, 0.1) is 10.1 Å². The second kappa shape index (κ2) is 6.68. The molecule has 0 spiro atoms. The van der Waals surface area contributed by atoms with Crippen molar-refractivity contribution in [3.05, 3.63) is 56.8 Å². The number of hydrogen-bond donors (Lipinski definition) is 0. The van der Waals surface area contributed by atoms with Crippen molar-refractivity contribution in [3.63, 3.8) is 0 Å². The third kappa shape index (κ3) is 3.59. The van der Waals surface area contributed by atoms with Crippen molar-refractivity contribution >= 4 is 39.3 Å². The Bertz CT molecular complexity index is 708. The Morgan fingerprint density at radius 1 is 1.43 bits per heavy atom. The van der Waals surface area contributed by atoms with E-state index in [9.17, 15) is 14.9 Å². The van der Waals surface area contributed by atoms with Crippen molar-refractivity contribution in [1.82, 2.24) is 4.98 Å². The van der Waals surface area contributed by atoms with E-state index in [0.717, 1.165) is 4.90 Å². The molecule has 0 radical (unpaired) electrons. The minimum absolute atomic E-state index is 0.0948. The molecule has 108 valence electrons. The second-order valence-electron chi connectivity index (χ2n) is 3.82. The Hall–Kier alpha value is -1.93. The zero-order valence-electron chi connectivity index (χ0n) is 10.8. The molecule has 0 unspecified atom stereocenters. The summed E-state index contributed by atoms with van der Waals surface area (Å²) in [6.07, 6.45) is 3.34. The van der Waals surface area contributed by atoms with Gasteiger partial charge < -0.3 is 4.74 Å². The maximum Gasteiger partial charge on any atom is 0.350 e. The van der Waals surface area contributed by atoms with Crippen LogP contribution in [-0.2, 0) is 0 Å². The monoisotopic (exact) mass is 368 g/mol. The lowest BCUT2D eigenvalue weighted by atomic mass is 10.2. The number of carbonyl (C=O) groups excluding carboxylic acids is 1. The van der Waals surface area contributed by atoms with Gasteiger partial charge in [0, 0.05) is 17.2 Å². The van der Waals surface area contributed by atoms with Crippen LogP contribution >= 0.6 is 27.7 Å². The molecule has 0 aliphatic heterocycles. The highest BCUT2D eigenvalue weighted by Crippen LogP contribution is 2.27. The summed E-state index contributed by atoms with van der Waals surface area (Å²) in [6.45, 7) is 0. The average Bonchev–Trinajstić information content (AvgIpc) is 2.48. The van der Waals surface area contributed by atoms with Gasteiger partial charge in [0.2, 0.25) is 0 Å². The molecule has 0 aliphatic rings. The van der Waals surface area contributed by atoms with E-state index in [4.69, 9.17) is 4.74 Å². The normalized spacial score (nSPS) is 10.2. The highest BCUT2D eigenvalue weighted by molar-refractivity contribution is 9.10. The van der Waals surface area contributed by atoms with Gasteiger partial charge in [-0.1, -0.05) is 0 Å². The molecule has 1 heterocycles. The van der Waals surface area contributed by atoms with Crippen LogP contribution in [0.2, 0.25) is 0 Å². The molecule has 6 nitrogen and oxygen atoms in total. The van der Waals surface area contributed by atoms with Crippen LogP contribution in [0.25, 0.3) is 0 Å². The number of ether oxygens (including phenoxy) is 1. The molecule has 0 amide bonds. The molecule has 1 aromatic heterocycles. The summed E-state index contributed by atoms with van der Waals surface area (Å²) in [5.74, 6) is -0.599. The summed E-state index contributed by atoms with van der Waals surface area (Å²) in [6, 6.07) is 7.45. The van der Waals surface area contributed by atoms with Crippen molar-refractivity contribution in [2.75, 3.05) is 6.26 Å². The number of thioether (sulfide) groups is 1. The molecule has 0 aliphatic carbocycles. The summed E-state index contributed by atoms with van der Waals surface area (Å²) in [5, 5.41) is 11.0. The predicted molar refractivity (Wildman–Crippen MR) is 81.8 cm³/mol. The van der Waals surface area contributed by atoms with E-state index in [1.165, 1.54) is 30.1 Å². The minimum Gasteiger partial charge on any atom is -0.420 e. The van der Waals surface area contributed by atoms with Crippen molar-refractivity contribution in [3.8, 4) is 5.75 Å². The number of pyridine rings is 1. The topological polar surface area (TPSA) is 82.3 Å². The van der Waals surface area contributed by atoms with Gasteiger partial charge in [-0.15, -0.1) is 11.8 Å². The number of rotatable bonds is 4. The van der Waals surface area contributed by atoms with Gasteiger partial charge in [-0.2, -0.15) is 0 Å². The first-order valence-electron chi connectivity index (χ1n) is 5.68. The number of aromatic nitrogens is 1. The van der Waals surface area contributed by atoms with Gasteiger partial charge in [0.25, 0.3) is 5.69 Å². The lowest BCUT2D eigenvalue weighted by Gasteiger charge is -2.07. The summed E-state index contributed by atoms with van der Waals surface area (Å²) < 4.78 is 5.51. The third-order valence-electron chi connectivity index (χ3n) is 2.55. The predicted octanol–water partition coefficient (Wildman–Crippen LogP) is 3.69. The summed E-state index contributed by atoms with van der Waals surface area (Å²) in [4.78, 5) is 27.2. The van der Waals surface area contributed by atoms with Crippen molar-refractivity contribution < 1.29 is 14.5 Å². The maximum absolute atomic E-state index is 12.2. The number of nitrogens with zero attached hydrogens (tertiary/aromatic N) is 2. The summed E-state index contributed by atoms with van der Waals surface area (Å²) in [5.41, 5.74) is -0.389. The molecular formula is C13H9BrN2O4S. The van der Waals surface area contributed by atoms with E-state index in [2.05, 4.69) is 20.9 Å². The first-order valence-corrected chi connectivity index (χ1v) is 7.70. The Balaban J connectivity index is 2.38. The SMILES string of the molecule is CSc1ccc([N+](=O)[O-])c(C(=O)Oc2cccnc2Br)c1. The number of carbonyl (C=O) groups is 1. The van der Waals surface area contributed by atoms with Crippen molar-refractivity contribution in [2.24, 2.45) is 0 Å². The van der Waals surface area contributed by atoms with Crippen LogP contribution in [0.15, 0.2) is 46.0 Å². The molecule has 1 aromatic carbocycles. The Morgan fingerprint density at radius 2 is 2.19 bits per heavy atom. The molecule has 2 rings (SSSR count). The second-order valence-corrected chi connectivity index (χ2v) is 5.45. The van der Waals surface area contributed by atoms with Gasteiger partial charge in [-0.25, -0.2) is 9.78 Å². The highest BCUT2D eigenvalue weighted by Gasteiger charge is 2.23. The third-order valence-corrected chi connectivity index (χ3v) is 3.87. The van der Waals surface area contributed by atoms with E-state index < -0.39 is 10.9 Å². The van der Waals surface area contributed by atoms with Gasteiger partial charge >= 0.3 is 5.97 Å². The quantitative estimate of drug-likeness (QED) is 0.269. The number of hydrogen-bond acceptors (Lipinski definition) is 6. The molecule has 21 heavy (non-hydrogen) atoms. The molecular weight excluding hydrogens is 360 g/mol. The van der Waals surface area contributed by atoms with E-state index in [1.807, 2.05) is 6.26 Å². The minimum atomic E-state index is -0.800. The lowest BCUT2D eigenvalue weighted by molar-refractivity contribution is -0.385. The van der Waals surface area contributed by atoms with Crippen LogP contribution in [-0.4, -0.2) is 22.1 Å². The molecule has 0 saturated carbocycles. The van der Waals surface area contributed by atoms with Crippen LogP contribution in [0.1, 0.15) is 10.4 Å². The van der Waals surface area contributed by atoms with E-state index in [1.54, 1.807) is 18.2 Å². The summed E-state index contributed by atoms with van der Waals surface area (Å²) in [7, 11) is 0.